The second-order valence-corrected chi connectivity index (χ2v) is 5.17. The Balaban J connectivity index is 1.88. The molecule has 0 bridgehead atoms. The van der Waals surface area contributed by atoms with Gasteiger partial charge in [0.1, 0.15) is 0 Å². The van der Waals surface area contributed by atoms with Crippen LogP contribution in [0.3, 0.4) is 0 Å². The molecule has 1 aromatic carbocycles. The zero-order chi connectivity index (χ0) is 17.5. The number of nitro groups is 1. The number of amides is 1. The van der Waals surface area contributed by atoms with E-state index in [1.807, 2.05) is 18.2 Å². The molecule has 0 saturated heterocycles. The van der Waals surface area contributed by atoms with Crippen molar-refractivity contribution in [3.05, 3.63) is 57.7 Å². The maximum absolute atomic E-state index is 12.0. The summed E-state index contributed by atoms with van der Waals surface area (Å²) in [6.45, 7) is 0.987. The van der Waals surface area contributed by atoms with Crippen molar-refractivity contribution in [3.63, 3.8) is 0 Å². The minimum Gasteiger partial charge on any atom is -0.423 e. The van der Waals surface area contributed by atoms with Crippen molar-refractivity contribution >= 4 is 24.2 Å². The number of hydrogen-bond donors (Lipinski definition) is 3. The largest absolute Gasteiger partial charge is 0.488 e. The SMILES string of the molecule is O=C(NCCOCC1=CCC=C1)c1cc(B(O)O)cc([N+](=O)[O-])c1. The predicted molar refractivity (Wildman–Crippen MR) is 87.9 cm³/mol. The first-order valence-corrected chi connectivity index (χ1v) is 7.34. The number of non-ortho nitro benzene ring substituents is 1. The molecule has 24 heavy (non-hydrogen) atoms. The molecule has 3 N–H and O–H groups in total. The summed E-state index contributed by atoms with van der Waals surface area (Å²) in [5.74, 6) is -0.552. The highest BCUT2D eigenvalue weighted by Crippen LogP contribution is 2.12. The third kappa shape index (κ3) is 5.02. The van der Waals surface area contributed by atoms with Crippen molar-refractivity contribution in [3.8, 4) is 0 Å². The van der Waals surface area contributed by atoms with E-state index in [0.717, 1.165) is 24.1 Å². The minimum atomic E-state index is -1.90. The first-order valence-electron chi connectivity index (χ1n) is 7.34. The third-order valence-electron chi connectivity index (χ3n) is 3.36. The van der Waals surface area contributed by atoms with Gasteiger partial charge in [-0.1, -0.05) is 18.2 Å². The molecular weight excluding hydrogens is 315 g/mol. The molecule has 0 radical (unpaired) electrons. The van der Waals surface area contributed by atoms with Crippen molar-refractivity contribution in [2.75, 3.05) is 19.8 Å². The van der Waals surface area contributed by atoms with Crippen molar-refractivity contribution < 1.29 is 24.5 Å². The molecule has 0 saturated carbocycles. The summed E-state index contributed by atoms with van der Waals surface area (Å²) in [5, 5.41) is 31.7. The first kappa shape index (κ1) is 17.9. The maximum atomic E-state index is 12.0. The molecule has 1 aromatic rings. The Labute approximate surface area is 138 Å². The van der Waals surface area contributed by atoms with E-state index in [9.17, 15) is 14.9 Å². The zero-order valence-corrected chi connectivity index (χ0v) is 12.8. The van der Waals surface area contributed by atoms with Gasteiger partial charge in [-0.3, -0.25) is 14.9 Å². The Morgan fingerprint density at radius 3 is 2.79 bits per heavy atom. The standard InChI is InChI=1S/C15H17BN2O6/c19-15(17-5-6-24-10-11-3-1-2-4-11)12-7-13(16(20)21)9-14(8-12)18(22)23/h1,3-4,7-9,20-21H,2,5-6,10H2,(H,17,19). The topological polar surface area (TPSA) is 122 Å². The number of benzene rings is 1. The average Bonchev–Trinajstić information content (AvgIpc) is 3.07. The summed E-state index contributed by atoms with van der Waals surface area (Å²) >= 11 is 0. The van der Waals surface area contributed by atoms with Crippen LogP contribution in [-0.4, -0.2) is 47.8 Å². The van der Waals surface area contributed by atoms with Gasteiger partial charge < -0.3 is 20.1 Å². The molecule has 0 fully saturated rings. The summed E-state index contributed by atoms with van der Waals surface area (Å²) in [4.78, 5) is 22.2. The summed E-state index contributed by atoms with van der Waals surface area (Å²) in [7, 11) is -1.90. The van der Waals surface area contributed by atoms with Crippen molar-refractivity contribution in [2.24, 2.45) is 0 Å². The Morgan fingerprint density at radius 1 is 1.38 bits per heavy atom. The summed E-state index contributed by atoms with van der Waals surface area (Å²) in [5.41, 5.74) is 0.558. The lowest BCUT2D eigenvalue weighted by Crippen LogP contribution is -2.33. The van der Waals surface area contributed by atoms with Gasteiger partial charge in [-0.15, -0.1) is 0 Å². The van der Waals surface area contributed by atoms with E-state index < -0.39 is 17.9 Å². The van der Waals surface area contributed by atoms with Gasteiger partial charge in [0, 0.05) is 24.2 Å². The fourth-order valence-corrected chi connectivity index (χ4v) is 2.16. The highest BCUT2D eigenvalue weighted by Gasteiger charge is 2.20. The summed E-state index contributed by atoms with van der Waals surface area (Å²) in [6, 6.07) is 3.28. The van der Waals surface area contributed by atoms with Crippen LogP contribution in [0, 0.1) is 10.1 Å². The summed E-state index contributed by atoms with van der Waals surface area (Å²) < 4.78 is 5.41. The summed E-state index contributed by atoms with van der Waals surface area (Å²) in [6.07, 6.45) is 6.95. The molecule has 0 unspecified atom stereocenters. The molecule has 0 spiro atoms. The van der Waals surface area contributed by atoms with E-state index in [4.69, 9.17) is 14.8 Å². The number of nitrogens with zero attached hydrogens (tertiary/aromatic N) is 1. The molecule has 126 valence electrons. The lowest BCUT2D eigenvalue weighted by atomic mass is 9.79. The van der Waals surface area contributed by atoms with Gasteiger partial charge in [0.25, 0.3) is 11.6 Å². The molecule has 2 rings (SSSR count). The number of carbonyl (C=O) groups is 1. The molecular formula is C15H17BN2O6. The average molecular weight is 332 g/mol. The predicted octanol–water partition coefficient (Wildman–Crippen LogP) is -0.0927. The lowest BCUT2D eigenvalue weighted by Gasteiger charge is -2.08. The van der Waals surface area contributed by atoms with E-state index in [0.29, 0.717) is 13.2 Å². The Bertz CT molecular complexity index is 687. The molecule has 9 heteroatoms. The Hall–Kier alpha value is -2.49. The van der Waals surface area contributed by atoms with E-state index in [1.54, 1.807) is 0 Å². The quantitative estimate of drug-likeness (QED) is 0.265. The number of nitrogens with one attached hydrogen (secondary N) is 1. The van der Waals surface area contributed by atoms with Crippen LogP contribution in [0.25, 0.3) is 0 Å². The van der Waals surface area contributed by atoms with Crippen LogP contribution in [0.4, 0.5) is 5.69 Å². The van der Waals surface area contributed by atoms with Gasteiger partial charge in [0.15, 0.2) is 0 Å². The smallest absolute Gasteiger partial charge is 0.423 e. The van der Waals surface area contributed by atoms with Crippen molar-refractivity contribution in [1.82, 2.24) is 5.32 Å². The van der Waals surface area contributed by atoms with Crippen LogP contribution in [0.5, 0.6) is 0 Å². The van der Waals surface area contributed by atoms with Crippen LogP contribution in [0.1, 0.15) is 16.8 Å². The van der Waals surface area contributed by atoms with Gasteiger partial charge in [-0.25, -0.2) is 0 Å². The van der Waals surface area contributed by atoms with Crippen LogP contribution in [-0.2, 0) is 4.74 Å². The zero-order valence-electron chi connectivity index (χ0n) is 12.8. The number of carbonyl (C=O) groups excluding carboxylic acids is 1. The van der Waals surface area contributed by atoms with Gasteiger partial charge in [0.2, 0.25) is 0 Å². The lowest BCUT2D eigenvalue weighted by molar-refractivity contribution is -0.384. The maximum Gasteiger partial charge on any atom is 0.488 e. The van der Waals surface area contributed by atoms with E-state index in [2.05, 4.69) is 5.32 Å². The number of hydrogen-bond acceptors (Lipinski definition) is 6. The Morgan fingerprint density at radius 2 is 2.17 bits per heavy atom. The highest BCUT2D eigenvalue weighted by molar-refractivity contribution is 6.58. The van der Waals surface area contributed by atoms with Crippen LogP contribution >= 0.6 is 0 Å². The van der Waals surface area contributed by atoms with Gasteiger partial charge >= 0.3 is 7.12 Å². The second-order valence-electron chi connectivity index (χ2n) is 5.17. The number of allylic oxidation sites excluding steroid dienone is 2. The molecule has 0 aliphatic heterocycles. The fourth-order valence-electron chi connectivity index (χ4n) is 2.16. The molecule has 0 aromatic heterocycles. The van der Waals surface area contributed by atoms with E-state index >= 15 is 0 Å². The molecule has 1 amide bonds. The molecule has 1 aliphatic carbocycles. The first-order chi connectivity index (χ1) is 11.5. The molecule has 8 nitrogen and oxygen atoms in total. The van der Waals surface area contributed by atoms with E-state index in [-0.39, 0.29) is 23.3 Å². The van der Waals surface area contributed by atoms with Gasteiger partial charge in [0.05, 0.1) is 18.1 Å². The number of ether oxygens (including phenoxy) is 1. The molecule has 1 aliphatic rings. The Kier molecular flexibility index (Phi) is 6.24. The normalized spacial score (nSPS) is 12.8. The molecule has 0 heterocycles. The van der Waals surface area contributed by atoms with E-state index in [1.165, 1.54) is 6.07 Å². The van der Waals surface area contributed by atoms with Crippen molar-refractivity contribution in [1.29, 1.82) is 0 Å². The van der Waals surface area contributed by atoms with Crippen LogP contribution < -0.4 is 10.8 Å². The monoisotopic (exact) mass is 332 g/mol. The fraction of sp³-hybridized carbons (Fsp3) is 0.267. The minimum absolute atomic E-state index is 0.0197. The third-order valence-corrected chi connectivity index (χ3v) is 3.36. The van der Waals surface area contributed by atoms with Gasteiger partial charge in [-0.05, 0) is 23.5 Å². The van der Waals surface area contributed by atoms with Gasteiger partial charge in [-0.2, -0.15) is 0 Å². The van der Waals surface area contributed by atoms with Crippen molar-refractivity contribution in [2.45, 2.75) is 6.42 Å². The van der Waals surface area contributed by atoms with Crippen LogP contribution in [0.2, 0.25) is 0 Å². The number of nitro benzene ring substituents is 1. The second kappa shape index (κ2) is 8.39. The highest BCUT2D eigenvalue weighted by atomic mass is 16.6. The van der Waals surface area contributed by atoms with Crippen LogP contribution in [0.15, 0.2) is 42.0 Å². The number of rotatable bonds is 8. The molecule has 0 atom stereocenters.